The van der Waals surface area contributed by atoms with Crippen LogP contribution < -0.4 is 4.74 Å². The highest BCUT2D eigenvalue weighted by Gasteiger charge is 2.10. The number of aromatic nitrogens is 2. The molecule has 0 radical (unpaired) electrons. The highest BCUT2D eigenvalue weighted by Crippen LogP contribution is 2.24. The van der Waals surface area contributed by atoms with Gasteiger partial charge in [0.1, 0.15) is 11.4 Å². The lowest BCUT2D eigenvalue weighted by molar-refractivity contribution is 0.340. The summed E-state index contributed by atoms with van der Waals surface area (Å²) in [5.41, 5.74) is 4.81. The summed E-state index contributed by atoms with van der Waals surface area (Å²) in [6.07, 6.45) is 3.88. The van der Waals surface area contributed by atoms with Crippen molar-refractivity contribution in [2.75, 3.05) is 6.61 Å². The summed E-state index contributed by atoms with van der Waals surface area (Å²) >= 11 is 0. The van der Waals surface area contributed by atoms with E-state index < -0.39 is 0 Å². The number of para-hydroxylation sites is 1. The summed E-state index contributed by atoms with van der Waals surface area (Å²) in [6.45, 7) is 2.63. The van der Waals surface area contributed by atoms with Crippen molar-refractivity contribution < 1.29 is 4.74 Å². The topological polar surface area (TPSA) is 39.4 Å². The second-order valence-electron chi connectivity index (χ2n) is 6.26. The molecule has 28 heavy (non-hydrogen) atoms. The van der Waals surface area contributed by atoms with Crippen LogP contribution in [0, 0.1) is 0 Å². The maximum atomic E-state index is 5.49. The van der Waals surface area contributed by atoms with Gasteiger partial charge in [-0.05, 0) is 43.3 Å². The molecule has 0 spiro atoms. The summed E-state index contributed by atoms with van der Waals surface area (Å²) in [5, 5.41) is 4.81. The van der Waals surface area contributed by atoms with Gasteiger partial charge in [0.2, 0.25) is 0 Å². The molecule has 0 unspecified atom stereocenters. The SMILES string of the molecule is CCOc1ccc(N=Cc2cn(-c3ccccc3)nc2-c2ccccc2)cc1. The Morgan fingerprint density at radius 2 is 1.57 bits per heavy atom. The van der Waals surface area contributed by atoms with Crippen molar-refractivity contribution in [1.82, 2.24) is 9.78 Å². The zero-order valence-electron chi connectivity index (χ0n) is 15.7. The smallest absolute Gasteiger partial charge is 0.119 e. The van der Waals surface area contributed by atoms with Gasteiger partial charge in [0.25, 0.3) is 0 Å². The number of hydrogen-bond donors (Lipinski definition) is 0. The van der Waals surface area contributed by atoms with Gasteiger partial charge in [-0.15, -0.1) is 0 Å². The van der Waals surface area contributed by atoms with Gasteiger partial charge in [-0.25, -0.2) is 4.68 Å². The maximum Gasteiger partial charge on any atom is 0.119 e. The van der Waals surface area contributed by atoms with Crippen LogP contribution in [0.1, 0.15) is 12.5 Å². The van der Waals surface area contributed by atoms with Gasteiger partial charge in [-0.2, -0.15) is 5.10 Å². The minimum absolute atomic E-state index is 0.654. The van der Waals surface area contributed by atoms with E-state index in [0.29, 0.717) is 6.61 Å². The number of rotatable bonds is 6. The molecule has 1 heterocycles. The summed E-state index contributed by atoms with van der Waals surface area (Å²) in [7, 11) is 0. The quantitative estimate of drug-likeness (QED) is 0.411. The second-order valence-corrected chi connectivity index (χ2v) is 6.26. The largest absolute Gasteiger partial charge is 0.494 e. The third kappa shape index (κ3) is 4.01. The average molecular weight is 367 g/mol. The molecule has 1 aromatic heterocycles. The van der Waals surface area contributed by atoms with Gasteiger partial charge in [0.05, 0.1) is 18.0 Å². The Morgan fingerprint density at radius 1 is 0.893 bits per heavy atom. The Balaban J connectivity index is 1.69. The second kappa shape index (κ2) is 8.35. The predicted molar refractivity (Wildman–Crippen MR) is 114 cm³/mol. The number of nitrogens with zero attached hydrogens (tertiary/aromatic N) is 3. The van der Waals surface area contributed by atoms with Crippen LogP contribution in [0.25, 0.3) is 16.9 Å². The summed E-state index contributed by atoms with van der Waals surface area (Å²) < 4.78 is 7.38. The predicted octanol–water partition coefficient (Wildman–Crippen LogP) is 5.69. The molecule has 0 N–H and O–H groups in total. The van der Waals surface area contributed by atoms with Crippen LogP contribution in [0.15, 0.2) is 96.1 Å². The van der Waals surface area contributed by atoms with Crippen LogP contribution in [0.5, 0.6) is 5.75 Å². The number of ether oxygens (including phenoxy) is 1. The fraction of sp³-hybridized carbons (Fsp3) is 0.0833. The molecule has 0 aliphatic heterocycles. The Bertz CT molecular complexity index is 1050. The van der Waals surface area contributed by atoms with E-state index in [0.717, 1.165) is 33.9 Å². The molecule has 4 heteroatoms. The Kier molecular flexibility index (Phi) is 5.29. The first-order valence-electron chi connectivity index (χ1n) is 9.31. The Hall–Kier alpha value is -3.66. The van der Waals surface area contributed by atoms with Crippen molar-refractivity contribution in [2.45, 2.75) is 6.92 Å². The van der Waals surface area contributed by atoms with Crippen molar-refractivity contribution >= 4 is 11.9 Å². The molecule has 0 aliphatic carbocycles. The fourth-order valence-electron chi connectivity index (χ4n) is 2.95. The zero-order chi connectivity index (χ0) is 19.2. The minimum Gasteiger partial charge on any atom is -0.494 e. The van der Waals surface area contributed by atoms with Crippen LogP contribution in [0.2, 0.25) is 0 Å². The molecule has 138 valence electrons. The van der Waals surface area contributed by atoms with E-state index in [2.05, 4.69) is 17.1 Å². The first-order valence-corrected chi connectivity index (χ1v) is 9.31. The normalized spacial score (nSPS) is 11.0. The van der Waals surface area contributed by atoms with Crippen LogP contribution in [-0.2, 0) is 0 Å². The number of aliphatic imine (C=N–C) groups is 1. The molecule has 4 rings (SSSR count). The zero-order valence-corrected chi connectivity index (χ0v) is 15.7. The number of hydrogen-bond acceptors (Lipinski definition) is 3. The molecule has 0 saturated carbocycles. The molecule has 0 bridgehead atoms. The molecule has 0 atom stereocenters. The van der Waals surface area contributed by atoms with Crippen molar-refractivity contribution in [1.29, 1.82) is 0 Å². The third-order valence-electron chi connectivity index (χ3n) is 4.31. The molecule has 0 fully saturated rings. The highest BCUT2D eigenvalue weighted by atomic mass is 16.5. The van der Waals surface area contributed by atoms with Crippen LogP contribution >= 0.6 is 0 Å². The van der Waals surface area contributed by atoms with Gasteiger partial charge >= 0.3 is 0 Å². The lowest BCUT2D eigenvalue weighted by atomic mass is 10.1. The van der Waals surface area contributed by atoms with Crippen LogP contribution in [0.3, 0.4) is 0 Å². The molecule has 3 aromatic carbocycles. The average Bonchev–Trinajstić information content (AvgIpc) is 3.19. The molecule has 4 aromatic rings. The van der Waals surface area contributed by atoms with E-state index >= 15 is 0 Å². The maximum absolute atomic E-state index is 5.49. The molecule has 0 amide bonds. The minimum atomic E-state index is 0.654. The number of benzene rings is 3. The van der Waals surface area contributed by atoms with E-state index in [4.69, 9.17) is 9.84 Å². The van der Waals surface area contributed by atoms with Crippen LogP contribution in [-0.4, -0.2) is 22.6 Å². The van der Waals surface area contributed by atoms with Crippen molar-refractivity contribution in [2.24, 2.45) is 4.99 Å². The van der Waals surface area contributed by atoms with E-state index in [1.807, 2.05) is 96.8 Å². The molecule has 0 saturated heterocycles. The van der Waals surface area contributed by atoms with Gasteiger partial charge in [0.15, 0.2) is 0 Å². The first-order chi connectivity index (χ1) is 13.8. The first kappa shape index (κ1) is 17.7. The van der Waals surface area contributed by atoms with Gasteiger partial charge in [-0.3, -0.25) is 4.99 Å². The van der Waals surface area contributed by atoms with E-state index in [1.165, 1.54) is 0 Å². The fourth-order valence-corrected chi connectivity index (χ4v) is 2.95. The van der Waals surface area contributed by atoms with Gasteiger partial charge < -0.3 is 4.74 Å². The summed E-state index contributed by atoms with van der Waals surface area (Å²) in [6, 6.07) is 28.0. The van der Waals surface area contributed by atoms with E-state index in [9.17, 15) is 0 Å². The van der Waals surface area contributed by atoms with Crippen molar-refractivity contribution in [3.8, 4) is 22.7 Å². The van der Waals surface area contributed by atoms with E-state index in [1.54, 1.807) is 0 Å². The highest BCUT2D eigenvalue weighted by molar-refractivity contribution is 5.90. The summed E-state index contributed by atoms with van der Waals surface area (Å²) in [4.78, 5) is 4.64. The third-order valence-corrected chi connectivity index (χ3v) is 4.31. The lowest BCUT2D eigenvalue weighted by Gasteiger charge is -2.02. The summed E-state index contributed by atoms with van der Waals surface area (Å²) in [5.74, 6) is 0.850. The Labute approximate surface area is 164 Å². The molecule has 0 aliphatic rings. The van der Waals surface area contributed by atoms with Crippen LogP contribution in [0.4, 0.5) is 5.69 Å². The van der Waals surface area contributed by atoms with Crippen molar-refractivity contribution in [3.63, 3.8) is 0 Å². The van der Waals surface area contributed by atoms with Gasteiger partial charge in [0, 0.05) is 23.5 Å². The lowest BCUT2D eigenvalue weighted by Crippen LogP contribution is -1.93. The van der Waals surface area contributed by atoms with Crippen molar-refractivity contribution in [3.05, 3.63) is 96.7 Å². The molecule has 4 nitrogen and oxygen atoms in total. The molecular weight excluding hydrogens is 346 g/mol. The Morgan fingerprint density at radius 3 is 2.25 bits per heavy atom. The molecular formula is C24H21N3O. The monoisotopic (exact) mass is 367 g/mol. The van der Waals surface area contributed by atoms with Gasteiger partial charge in [-0.1, -0.05) is 48.5 Å². The van der Waals surface area contributed by atoms with E-state index in [-0.39, 0.29) is 0 Å². The standard InChI is InChI=1S/C24H21N3O/c1-2-28-23-15-13-21(14-16-23)25-17-20-18-27(22-11-7-4-8-12-22)26-24(20)19-9-5-3-6-10-19/h3-18H,2H2,1H3.